The van der Waals surface area contributed by atoms with Crippen molar-refractivity contribution in [3.63, 3.8) is 0 Å². The molecule has 0 unspecified atom stereocenters. The van der Waals surface area contributed by atoms with Gasteiger partial charge in [0.1, 0.15) is 5.76 Å². The van der Waals surface area contributed by atoms with Crippen LogP contribution in [0.2, 0.25) is 0 Å². The molecule has 3 aromatic rings. The lowest BCUT2D eigenvalue weighted by Gasteiger charge is -2.19. The van der Waals surface area contributed by atoms with Crippen LogP contribution in [-0.2, 0) is 6.54 Å². The van der Waals surface area contributed by atoms with Gasteiger partial charge in [-0.15, -0.1) is 0 Å². The van der Waals surface area contributed by atoms with E-state index in [0.717, 1.165) is 5.56 Å². The van der Waals surface area contributed by atoms with Gasteiger partial charge in [-0.05, 0) is 5.56 Å². The lowest BCUT2D eigenvalue weighted by Crippen LogP contribution is -2.31. The summed E-state index contributed by atoms with van der Waals surface area (Å²) in [5, 5.41) is 6.91. The van der Waals surface area contributed by atoms with E-state index in [9.17, 15) is 4.79 Å². The van der Waals surface area contributed by atoms with Crippen LogP contribution in [0.5, 0.6) is 0 Å². The fourth-order valence-corrected chi connectivity index (χ4v) is 2.43. The molecule has 0 saturated heterocycles. The number of amides is 1. The Kier molecular flexibility index (Phi) is 4.74. The summed E-state index contributed by atoms with van der Waals surface area (Å²) in [7, 11) is 0. The second-order valence-electron chi connectivity index (χ2n) is 5.97. The molecule has 2 aromatic heterocycles. The number of nitrogens with zero attached hydrogens (tertiary/aromatic N) is 3. The molecule has 0 aliphatic rings. The highest BCUT2D eigenvalue weighted by Crippen LogP contribution is 2.18. The molecule has 2 heterocycles. The lowest BCUT2D eigenvalue weighted by molar-refractivity contribution is 0.0923. The number of nitrogens with one attached hydrogen (secondary N) is 1. The molecule has 0 fully saturated rings. The van der Waals surface area contributed by atoms with E-state index in [1.165, 1.54) is 0 Å². The van der Waals surface area contributed by atoms with E-state index in [-0.39, 0.29) is 17.9 Å². The van der Waals surface area contributed by atoms with Crippen molar-refractivity contribution in [3.05, 3.63) is 72.1 Å². The standard InChI is InChI=1S/C18H20N4O2/c1-13(2)17-10-15(21-24-17)18(23)20-16(11-22-9-8-19-12-22)14-6-4-3-5-7-14/h3-10,12-13,16H,11H2,1-2H3,(H,20,23)/t16-/m0/s1. The van der Waals surface area contributed by atoms with E-state index in [0.29, 0.717) is 18.0 Å². The Hall–Kier alpha value is -2.89. The third kappa shape index (κ3) is 3.71. The van der Waals surface area contributed by atoms with Crippen LogP contribution in [-0.4, -0.2) is 20.6 Å². The summed E-state index contributed by atoms with van der Waals surface area (Å²) >= 11 is 0. The van der Waals surface area contributed by atoms with Gasteiger partial charge in [-0.25, -0.2) is 4.98 Å². The predicted octanol–water partition coefficient (Wildman–Crippen LogP) is 3.17. The van der Waals surface area contributed by atoms with Crippen LogP contribution >= 0.6 is 0 Å². The summed E-state index contributed by atoms with van der Waals surface area (Å²) in [6, 6.07) is 11.3. The molecule has 0 radical (unpaired) electrons. The van der Waals surface area contributed by atoms with Crippen molar-refractivity contribution < 1.29 is 9.32 Å². The van der Waals surface area contributed by atoms with E-state index >= 15 is 0 Å². The highest BCUT2D eigenvalue weighted by molar-refractivity contribution is 5.92. The maximum atomic E-state index is 12.5. The summed E-state index contributed by atoms with van der Waals surface area (Å²) in [6.07, 6.45) is 5.32. The summed E-state index contributed by atoms with van der Waals surface area (Å²) in [6.45, 7) is 4.58. The third-order valence-electron chi connectivity index (χ3n) is 3.79. The van der Waals surface area contributed by atoms with Gasteiger partial charge in [0.05, 0.1) is 12.4 Å². The summed E-state index contributed by atoms with van der Waals surface area (Å²) in [4.78, 5) is 16.6. The van der Waals surface area contributed by atoms with Crippen molar-refractivity contribution in [2.24, 2.45) is 0 Å². The van der Waals surface area contributed by atoms with Crippen molar-refractivity contribution in [3.8, 4) is 0 Å². The maximum Gasteiger partial charge on any atom is 0.274 e. The van der Waals surface area contributed by atoms with Crippen LogP contribution < -0.4 is 5.32 Å². The minimum atomic E-state index is -0.250. The molecule has 0 aliphatic heterocycles. The highest BCUT2D eigenvalue weighted by Gasteiger charge is 2.19. The molecule has 0 aliphatic carbocycles. The zero-order valence-corrected chi connectivity index (χ0v) is 13.7. The number of carbonyl (C=O) groups excluding carboxylic acids is 1. The van der Waals surface area contributed by atoms with E-state index in [4.69, 9.17) is 4.52 Å². The van der Waals surface area contributed by atoms with Gasteiger partial charge < -0.3 is 14.4 Å². The highest BCUT2D eigenvalue weighted by atomic mass is 16.5. The Morgan fingerprint density at radius 2 is 2.08 bits per heavy atom. The molecule has 1 aromatic carbocycles. The molecule has 1 amide bonds. The quantitative estimate of drug-likeness (QED) is 0.756. The Morgan fingerprint density at radius 3 is 2.71 bits per heavy atom. The Morgan fingerprint density at radius 1 is 1.29 bits per heavy atom. The molecule has 1 N–H and O–H groups in total. The summed E-state index contributed by atoms with van der Waals surface area (Å²) in [5.74, 6) is 0.639. The Balaban J connectivity index is 1.79. The first-order valence-electron chi connectivity index (χ1n) is 7.91. The van der Waals surface area contributed by atoms with Gasteiger partial charge >= 0.3 is 0 Å². The van der Waals surface area contributed by atoms with Gasteiger partial charge in [0.25, 0.3) is 5.91 Å². The van der Waals surface area contributed by atoms with Crippen LogP contribution in [0.25, 0.3) is 0 Å². The molecule has 6 nitrogen and oxygen atoms in total. The maximum absolute atomic E-state index is 12.5. The summed E-state index contributed by atoms with van der Waals surface area (Å²) < 4.78 is 7.15. The van der Waals surface area contributed by atoms with Crippen LogP contribution in [0.15, 0.2) is 59.6 Å². The predicted molar refractivity (Wildman–Crippen MR) is 89.5 cm³/mol. The average molecular weight is 324 g/mol. The number of carbonyl (C=O) groups is 1. The van der Waals surface area contributed by atoms with Crippen LogP contribution in [0.4, 0.5) is 0 Å². The number of aromatic nitrogens is 3. The molecule has 0 bridgehead atoms. The van der Waals surface area contributed by atoms with Crippen molar-refractivity contribution in [2.45, 2.75) is 32.4 Å². The van der Waals surface area contributed by atoms with Crippen LogP contribution in [0.1, 0.15) is 47.6 Å². The smallest absolute Gasteiger partial charge is 0.274 e. The molecule has 3 rings (SSSR count). The average Bonchev–Trinajstić information content (AvgIpc) is 3.26. The number of imidazole rings is 1. The fourth-order valence-electron chi connectivity index (χ4n) is 2.43. The largest absolute Gasteiger partial charge is 0.360 e. The van der Waals surface area contributed by atoms with Crippen molar-refractivity contribution in [2.75, 3.05) is 0 Å². The number of rotatable bonds is 6. The molecule has 0 saturated carbocycles. The van der Waals surface area contributed by atoms with Crippen LogP contribution in [0.3, 0.4) is 0 Å². The normalized spacial score (nSPS) is 12.3. The van der Waals surface area contributed by atoms with Gasteiger partial charge in [0.2, 0.25) is 0 Å². The first-order chi connectivity index (χ1) is 11.6. The van der Waals surface area contributed by atoms with Gasteiger partial charge in [0.15, 0.2) is 5.69 Å². The van der Waals surface area contributed by atoms with Crippen molar-refractivity contribution in [1.82, 2.24) is 20.0 Å². The minimum Gasteiger partial charge on any atom is -0.360 e. The molecule has 6 heteroatoms. The number of hydrogen-bond acceptors (Lipinski definition) is 4. The number of hydrogen-bond donors (Lipinski definition) is 1. The molecule has 24 heavy (non-hydrogen) atoms. The Bertz CT molecular complexity index is 778. The SMILES string of the molecule is CC(C)c1cc(C(=O)N[C@@H](Cn2ccnc2)c2ccccc2)no1. The monoisotopic (exact) mass is 324 g/mol. The van der Waals surface area contributed by atoms with Gasteiger partial charge in [-0.2, -0.15) is 0 Å². The second-order valence-corrected chi connectivity index (χ2v) is 5.97. The van der Waals surface area contributed by atoms with Crippen molar-refractivity contribution in [1.29, 1.82) is 0 Å². The first-order valence-corrected chi connectivity index (χ1v) is 7.91. The van der Waals surface area contributed by atoms with E-state index in [1.54, 1.807) is 18.6 Å². The van der Waals surface area contributed by atoms with E-state index in [2.05, 4.69) is 15.5 Å². The first kappa shape index (κ1) is 16.0. The summed E-state index contributed by atoms with van der Waals surface area (Å²) in [5.41, 5.74) is 1.32. The zero-order chi connectivity index (χ0) is 16.9. The lowest BCUT2D eigenvalue weighted by atomic mass is 10.1. The minimum absolute atomic E-state index is 0.188. The third-order valence-corrected chi connectivity index (χ3v) is 3.79. The van der Waals surface area contributed by atoms with E-state index in [1.807, 2.05) is 54.9 Å². The topological polar surface area (TPSA) is 73.0 Å². The molecule has 0 spiro atoms. The van der Waals surface area contributed by atoms with Gasteiger partial charge in [0, 0.05) is 30.9 Å². The van der Waals surface area contributed by atoms with Gasteiger partial charge in [-0.1, -0.05) is 49.3 Å². The molecule has 124 valence electrons. The molecule has 1 atom stereocenters. The van der Waals surface area contributed by atoms with Gasteiger partial charge in [-0.3, -0.25) is 4.79 Å². The zero-order valence-electron chi connectivity index (χ0n) is 13.7. The fraction of sp³-hybridized carbons (Fsp3) is 0.278. The van der Waals surface area contributed by atoms with E-state index < -0.39 is 0 Å². The molecular weight excluding hydrogens is 304 g/mol. The molecular formula is C18H20N4O2. The Labute approximate surface area is 140 Å². The number of benzene rings is 1. The van der Waals surface area contributed by atoms with Crippen molar-refractivity contribution >= 4 is 5.91 Å². The second kappa shape index (κ2) is 7.12. The van der Waals surface area contributed by atoms with Crippen LogP contribution in [0, 0.1) is 0 Å².